The fourth-order valence-corrected chi connectivity index (χ4v) is 3.78. The van der Waals surface area contributed by atoms with Crippen LogP contribution >= 0.6 is 0 Å². The Morgan fingerprint density at radius 1 is 0.609 bits per heavy atom. The van der Waals surface area contributed by atoms with E-state index in [2.05, 4.69) is 77.4 Å². The first-order chi connectivity index (χ1) is 11.3. The van der Waals surface area contributed by atoms with Crippen LogP contribution in [0.4, 0.5) is 11.4 Å². The summed E-state index contributed by atoms with van der Waals surface area (Å²) < 4.78 is 0. The Labute approximate surface area is 137 Å². The average molecular weight is 300 g/mol. The van der Waals surface area contributed by atoms with E-state index in [0.29, 0.717) is 0 Å². The van der Waals surface area contributed by atoms with Crippen molar-refractivity contribution in [2.24, 2.45) is 0 Å². The van der Waals surface area contributed by atoms with E-state index in [0.717, 1.165) is 0 Å². The molecule has 0 fully saturated rings. The third-order valence-electron chi connectivity index (χ3n) is 4.77. The number of fused-ring (bicyclic) bond motifs is 3. The monoisotopic (exact) mass is 300 g/mol. The van der Waals surface area contributed by atoms with Crippen molar-refractivity contribution < 1.29 is 0 Å². The SMILES string of the molecule is CNc1cccc(NC)c1C1c2ccccc2-c2ccccc21. The molecule has 2 heteroatoms. The highest BCUT2D eigenvalue weighted by Crippen LogP contribution is 2.51. The van der Waals surface area contributed by atoms with Crippen molar-refractivity contribution >= 4 is 11.4 Å². The zero-order valence-electron chi connectivity index (χ0n) is 13.4. The van der Waals surface area contributed by atoms with Crippen LogP contribution in [0.2, 0.25) is 0 Å². The molecule has 2 N–H and O–H groups in total. The molecule has 23 heavy (non-hydrogen) atoms. The Hall–Kier alpha value is -2.74. The van der Waals surface area contributed by atoms with Gasteiger partial charge in [-0.15, -0.1) is 0 Å². The lowest BCUT2D eigenvalue weighted by molar-refractivity contribution is 1.02. The quantitative estimate of drug-likeness (QED) is 0.560. The predicted molar refractivity (Wildman–Crippen MR) is 98.4 cm³/mol. The van der Waals surface area contributed by atoms with Gasteiger partial charge in [0.2, 0.25) is 0 Å². The minimum absolute atomic E-state index is 0.258. The second kappa shape index (κ2) is 5.47. The number of hydrogen-bond donors (Lipinski definition) is 2. The number of anilines is 2. The summed E-state index contributed by atoms with van der Waals surface area (Å²) in [4.78, 5) is 0. The van der Waals surface area contributed by atoms with E-state index in [1.807, 2.05) is 14.1 Å². The topological polar surface area (TPSA) is 24.1 Å². The van der Waals surface area contributed by atoms with Crippen molar-refractivity contribution in [3.8, 4) is 11.1 Å². The summed E-state index contributed by atoms with van der Waals surface area (Å²) in [6, 6.07) is 23.9. The number of rotatable bonds is 3. The minimum atomic E-state index is 0.258. The molecule has 0 radical (unpaired) electrons. The molecule has 0 heterocycles. The van der Waals surface area contributed by atoms with Gasteiger partial charge in [-0.25, -0.2) is 0 Å². The first-order valence-corrected chi connectivity index (χ1v) is 8.01. The van der Waals surface area contributed by atoms with Gasteiger partial charge in [-0.1, -0.05) is 54.6 Å². The molecule has 0 bridgehead atoms. The molecule has 0 saturated heterocycles. The highest BCUT2D eigenvalue weighted by molar-refractivity contribution is 5.84. The smallest absolute Gasteiger partial charge is 0.0400 e. The fourth-order valence-electron chi connectivity index (χ4n) is 3.78. The van der Waals surface area contributed by atoms with E-state index < -0.39 is 0 Å². The maximum atomic E-state index is 3.37. The summed E-state index contributed by atoms with van der Waals surface area (Å²) in [5.41, 5.74) is 9.12. The van der Waals surface area contributed by atoms with E-state index in [-0.39, 0.29) is 5.92 Å². The van der Waals surface area contributed by atoms with Crippen LogP contribution in [0.25, 0.3) is 11.1 Å². The van der Waals surface area contributed by atoms with Gasteiger partial charge in [-0.05, 0) is 34.4 Å². The summed E-state index contributed by atoms with van der Waals surface area (Å²) in [5, 5.41) is 6.74. The highest BCUT2D eigenvalue weighted by atomic mass is 14.9. The van der Waals surface area contributed by atoms with Crippen LogP contribution in [0.1, 0.15) is 22.6 Å². The van der Waals surface area contributed by atoms with Crippen LogP contribution < -0.4 is 10.6 Å². The first-order valence-electron chi connectivity index (χ1n) is 8.01. The zero-order valence-corrected chi connectivity index (χ0v) is 13.4. The van der Waals surface area contributed by atoms with Gasteiger partial charge in [-0.3, -0.25) is 0 Å². The first kappa shape index (κ1) is 13.9. The van der Waals surface area contributed by atoms with Crippen molar-refractivity contribution in [3.63, 3.8) is 0 Å². The largest absolute Gasteiger partial charge is 0.388 e. The summed E-state index contributed by atoms with van der Waals surface area (Å²) in [7, 11) is 3.98. The van der Waals surface area contributed by atoms with Gasteiger partial charge in [0.15, 0.2) is 0 Å². The molecular formula is C21H20N2. The Bertz CT molecular complexity index is 799. The molecular weight excluding hydrogens is 280 g/mol. The summed E-state index contributed by atoms with van der Waals surface area (Å²) >= 11 is 0. The van der Waals surface area contributed by atoms with E-state index in [1.54, 1.807) is 0 Å². The molecule has 0 amide bonds. The standard InChI is InChI=1S/C21H20N2/c1-22-18-12-7-13-19(23-2)21(18)20-16-10-5-3-8-14(16)15-9-4-6-11-17(15)20/h3-13,20,22-23H,1-2H3. The van der Waals surface area contributed by atoms with Crippen LogP contribution in [-0.4, -0.2) is 14.1 Å². The lowest BCUT2D eigenvalue weighted by atomic mass is 9.87. The maximum Gasteiger partial charge on any atom is 0.0400 e. The molecule has 114 valence electrons. The molecule has 3 aromatic carbocycles. The van der Waals surface area contributed by atoms with E-state index in [1.165, 1.54) is 39.2 Å². The molecule has 0 aromatic heterocycles. The van der Waals surface area contributed by atoms with E-state index >= 15 is 0 Å². The minimum Gasteiger partial charge on any atom is -0.388 e. The predicted octanol–water partition coefficient (Wildman–Crippen LogP) is 4.93. The van der Waals surface area contributed by atoms with Gasteiger partial charge in [0.05, 0.1) is 0 Å². The average Bonchev–Trinajstić information content (AvgIpc) is 2.95. The molecule has 0 saturated carbocycles. The summed E-state index contributed by atoms with van der Waals surface area (Å²) in [6.07, 6.45) is 0. The second-order valence-corrected chi connectivity index (χ2v) is 5.87. The number of benzene rings is 3. The van der Waals surface area contributed by atoms with Gasteiger partial charge >= 0.3 is 0 Å². The Morgan fingerprint density at radius 3 is 1.57 bits per heavy atom. The molecule has 0 unspecified atom stereocenters. The molecule has 1 aliphatic carbocycles. The molecule has 0 atom stereocenters. The third kappa shape index (κ3) is 2.02. The number of hydrogen-bond acceptors (Lipinski definition) is 2. The third-order valence-corrected chi connectivity index (χ3v) is 4.77. The van der Waals surface area contributed by atoms with Gasteiger partial charge < -0.3 is 10.6 Å². The molecule has 4 rings (SSSR count). The van der Waals surface area contributed by atoms with Crippen molar-refractivity contribution in [3.05, 3.63) is 83.4 Å². The highest BCUT2D eigenvalue weighted by Gasteiger charge is 2.32. The Balaban J connectivity index is 2.04. The van der Waals surface area contributed by atoms with Gasteiger partial charge in [0, 0.05) is 37.0 Å². The summed E-state index contributed by atoms with van der Waals surface area (Å²) in [5.74, 6) is 0.258. The van der Waals surface area contributed by atoms with Gasteiger partial charge in [0.1, 0.15) is 0 Å². The molecule has 1 aliphatic rings. The van der Waals surface area contributed by atoms with Crippen LogP contribution in [-0.2, 0) is 0 Å². The van der Waals surface area contributed by atoms with Crippen molar-refractivity contribution in [2.75, 3.05) is 24.7 Å². The normalized spacial score (nSPS) is 12.6. The molecule has 0 aliphatic heterocycles. The van der Waals surface area contributed by atoms with E-state index in [4.69, 9.17) is 0 Å². The van der Waals surface area contributed by atoms with E-state index in [9.17, 15) is 0 Å². The van der Waals surface area contributed by atoms with Crippen LogP contribution in [0, 0.1) is 0 Å². The number of nitrogens with one attached hydrogen (secondary N) is 2. The maximum absolute atomic E-state index is 3.37. The van der Waals surface area contributed by atoms with Crippen LogP contribution in [0.5, 0.6) is 0 Å². The van der Waals surface area contributed by atoms with Gasteiger partial charge in [-0.2, -0.15) is 0 Å². The van der Waals surface area contributed by atoms with Crippen molar-refractivity contribution in [1.29, 1.82) is 0 Å². The molecule has 0 spiro atoms. The van der Waals surface area contributed by atoms with Crippen molar-refractivity contribution in [2.45, 2.75) is 5.92 Å². The van der Waals surface area contributed by atoms with Gasteiger partial charge in [0.25, 0.3) is 0 Å². The zero-order chi connectivity index (χ0) is 15.8. The molecule has 2 nitrogen and oxygen atoms in total. The summed E-state index contributed by atoms with van der Waals surface area (Å²) in [6.45, 7) is 0. The van der Waals surface area contributed by atoms with Crippen LogP contribution in [0.3, 0.4) is 0 Å². The lowest BCUT2D eigenvalue weighted by Gasteiger charge is -2.22. The van der Waals surface area contributed by atoms with Crippen LogP contribution in [0.15, 0.2) is 66.7 Å². The lowest BCUT2D eigenvalue weighted by Crippen LogP contribution is -2.07. The Morgan fingerprint density at radius 2 is 1.09 bits per heavy atom. The fraction of sp³-hybridized carbons (Fsp3) is 0.143. The molecule has 3 aromatic rings. The second-order valence-electron chi connectivity index (χ2n) is 5.87. The van der Waals surface area contributed by atoms with Crippen molar-refractivity contribution in [1.82, 2.24) is 0 Å². The Kier molecular flexibility index (Phi) is 3.30.